The number of Topliss-reactive ketones (excluding diaryl/α,β-unsaturated/α-hetero) is 1. The fourth-order valence-corrected chi connectivity index (χ4v) is 5.29. The first-order valence-electron chi connectivity index (χ1n) is 12.7. The minimum atomic E-state index is -0.630. The highest BCUT2D eigenvalue weighted by molar-refractivity contribution is 9.10. The van der Waals surface area contributed by atoms with Crippen LogP contribution in [0.15, 0.2) is 47.3 Å². The van der Waals surface area contributed by atoms with E-state index in [0.717, 1.165) is 16.7 Å². The van der Waals surface area contributed by atoms with Crippen molar-refractivity contribution in [3.8, 4) is 11.1 Å². The molecule has 1 N–H and O–H groups in total. The molecule has 0 radical (unpaired) electrons. The highest BCUT2D eigenvalue weighted by atomic mass is 79.9. The van der Waals surface area contributed by atoms with Gasteiger partial charge in [-0.2, -0.15) is 5.10 Å². The molecule has 1 aromatic carbocycles. The zero-order valence-electron chi connectivity index (χ0n) is 22.1. The van der Waals surface area contributed by atoms with Crippen molar-refractivity contribution in [2.24, 2.45) is 0 Å². The molecule has 1 saturated heterocycles. The predicted molar refractivity (Wildman–Crippen MR) is 150 cm³/mol. The molecule has 0 spiro atoms. The van der Waals surface area contributed by atoms with Crippen LogP contribution < -0.4 is 5.32 Å². The number of nitrogens with one attached hydrogen (secondary N) is 1. The Morgan fingerprint density at radius 2 is 1.79 bits per heavy atom. The molecule has 10 nitrogen and oxygen atoms in total. The van der Waals surface area contributed by atoms with E-state index in [1.165, 1.54) is 6.92 Å². The molecule has 1 aliphatic heterocycles. The van der Waals surface area contributed by atoms with Crippen LogP contribution in [0.1, 0.15) is 48.6 Å². The van der Waals surface area contributed by atoms with Gasteiger partial charge in [-0.1, -0.05) is 12.1 Å². The van der Waals surface area contributed by atoms with E-state index in [0.29, 0.717) is 40.0 Å². The zero-order chi connectivity index (χ0) is 27.8. The van der Waals surface area contributed by atoms with Crippen LogP contribution in [-0.4, -0.2) is 59.3 Å². The third-order valence-corrected chi connectivity index (χ3v) is 7.49. The molecule has 1 fully saturated rings. The lowest BCUT2D eigenvalue weighted by atomic mass is 10.0. The molecular formula is C28H28BrN7O3. The summed E-state index contributed by atoms with van der Waals surface area (Å²) in [4.78, 5) is 53.8. The van der Waals surface area contributed by atoms with Gasteiger partial charge in [0.25, 0.3) is 0 Å². The third-order valence-electron chi connectivity index (χ3n) is 7.05. The van der Waals surface area contributed by atoms with Gasteiger partial charge in [-0.25, -0.2) is 15.0 Å². The van der Waals surface area contributed by atoms with Crippen molar-refractivity contribution in [3.05, 3.63) is 64.4 Å². The number of fused-ring (bicyclic) bond motifs is 1. The monoisotopic (exact) mass is 589 g/mol. The number of hydrogen-bond donors (Lipinski definition) is 1. The molecule has 5 rings (SSSR count). The van der Waals surface area contributed by atoms with Gasteiger partial charge in [-0.3, -0.25) is 19.1 Å². The number of pyridine rings is 1. The van der Waals surface area contributed by atoms with E-state index in [1.54, 1.807) is 28.0 Å². The molecule has 3 aromatic heterocycles. The number of nitrogens with zero attached hydrogens (tertiary/aromatic N) is 6. The molecule has 0 saturated carbocycles. The van der Waals surface area contributed by atoms with E-state index in [1.807, 2.05) is 45.0 Å². The molecule has 11 heteroatoms. The summed E-state index contributed by atoms with van der Waals surface area (Å²) in [6, 6.07) is 8.53. The number of anilines is 1. The van der Waals surface area contributed by atoms with Crippen LogP contribution in [0, 0.1) is 13.8 Å². The van der Waals surface area contributed by atoms with Crippen LogP contribution in [0.25, 0.3) is 22.0 Å². The molecule has 0 bridgehead atoms. The maximum absolute atomic E-state index is 13.6. The second-order valence-electron chi connectivity index (χ2n) is 9.85. The number of likely N-dealkylation sites (tertiary alicyclic amines) is 1. The second kappa shape index (κ2) is 10.6. The van der Waals surface area contributed by atoms with Gasteiger partial charge in [0, 0.05) is 36.3 Å². The molecule has 0 aliphatic carbocycles. The second-order valence-corrected chi connectivity index (χ2v) is 10.7. The fourth-order valence-electron chi connectivity index (χ4n) is 4.98. The SMILES string of the molecule is CC(=O)c1nn(CC(=O)N2[C@@H](C)CC[C@H]2C(=O)Nc2nc(Br)ccc2C)c2ccc(-c3cnc(C)nc3)cc12. The number of amides is 2. The Kier molecular flexibility index (Phi) is 7.26. The number of aryl methyl sites for hydroxylation is 2. The van der Waals surface area contributed by atoms with Gasteiger partial charge in [0.1, 0.15) is 34.5 Å². The summed E-state index contributed by atoms with van der Waals surface area (Å²) in [7, 11) is 0. The van der Waals surface area contributed by atoms with Gasteiger partial charge in [-0.15, -0.1) is 0 Å². The Morgan fingerprint density at radius 3 is 2.51 bits per heavy atom. The van der Waals surface area contributed by atoms with E-state index >= 15 is 0 Å². The molecular weight excluding hydrogens is 562 g/mol. The molecule has 39 heavy (non-hydrogen) atoms. The Hall–Kier alpha value is -3.99. The number of ketones is 1. The number of carbonyl (C=O) groups excluding carboxylic acids is 3. The van der Waals surface area contributed by atoms with Crippen molar-refractivity contribution < 1.29 is 14.4 Å². The first kappa shape index (κ1) is 26.6. The quantitative estimate of drug-likeness (QED) is 0.259. The summed E-state index contributed by atoms with van der Waals surface area (Å²) in [6.45, 7) is 6.97. The minimum absolute atomic E-state index is 0.0982. The number of carbonyl (C=O) groups is 3. The summed E-state index contributed by atoms with van der Waals surface area (Å²) in [5, 5.41) is 8.04. The first-order valence-corrected chi connectivity index (χ1v) is 13.5. The van der Waals surface area contributed by atoms with Crippen LogP contribution in [0.2, 0.25) is 0 Å². The van der Waals surface area contributed by atoms with E-state index in [-0.39, 0.29) is 35.9 Å². The van der Waals surface area contributed by atoms with Crippen molar-refractivity contribution >= 4 is 50.2 Å². The van der Waals surface area contributed by atoms with E-state index in [4.69, 9.17) is 0 Å². The highest BCUT2D eigenvalue weighted by Crippen LogP contribution is 2.29. The minimum Gasteiger partial charge on any atom is -0.326 e. The van der Waals surface area contributed by atoms with E-state index in [2.05, 4.69) is 41.3 Å². The largest absolute Gasteiger partial charge is 0.326 e. The maximum atomic E-state index is 13.6. The average Bonchev–Trinajstić information content (AvgIpc) is 3.47. The van der Waals surface area contributed by atoms with Gasteiger partial charge >= 0.3 is 0 Å². The van der Waals surface area contributed by atoms with Crippen molar-refractivity contribution in [1.29, 1.82) is 0 Å². The fraction of sp³-hybridized carbons (Fsp3) is 0.321. The summed E-state index contributed by atoms with van der Waals surface area (Å²) < 4.78 is 2.16. The van der Waals surface area contributed by atoms with Gasteiger partial charge in [-0.05, 0) is 78.9 Å². The summed E-state index contributed by atoms with van der Waals surface area (Å²) >= 11 is 3.34. The third kappa shape index (κ3) is 5.31. The lowest BCUT2D eigenvalue weighted by molar-refractivity contribution is -0.139. The average molecular weight is 590 g/mol. The Bertz CT molecular complexity index is 1600. The Labute approximate surface area is 234 Å². The van der Waals surface area contributed by atoms with Crippen molar-refractivity contribution in [3.63, 3.8) is 0 Å². The van der Waals surface area contributed by atoms with Crippen molar-refractivity contribution in [2.45, 2.75) is 59.2 Å². The molecule has 4 heterocycles. The predicted octanol–water partition coefficient (Wildman–Crippen LogP) is 4.49. The topological polar surface area (TPSA) is 123 Å². The normalized spacial score (nSPS) is 17.0. The molecule has 0 unspecified atom stereocenters. The van der Waals surface area contributed by atoms with E-state index < -0.39 is 6.04 Å². The van der Waals surface area contributed by atoms with Crippen LogP contribution in [-0.2, 0) is 16.1 Å². The van der Waals surface area contributed by atoms with Crippen LogP contribution >= 0.6 is 15.9 Å². The molecule has 1 aliphatic rings. The number of halogens is 1. The lowest BCUT2D eigenvalue weighted by Crippen LogP contribution is -2.47. The van der Waals surface area contributed by atoms with Crippen LogP contribution in [0.3, 0.4) is 0 Å². The van der Waals surface area contributed by atoms with Crippen molar-refractivity contribution in [1.82, 2.24) is 29.6 Å². The summed E-state index contributed by atoms with van der Waals surface area (Å²) in [5.41, 5.74) is 3.43. The Morgan fingerprint density at radius 1 is 1.05 bits per heavy atom. The van der Waals surface area contributed by atoms with Crippen molar-refractivity contribution in [2.75, 3.05) is 5.32 Å². The van der Waals surface area contributed by atoms with Gasteiger partial charge in [0.05, 0.1) is 5.52 Å². The van der Waals surface area contributed by atoms with E-state index in [9.17, 15) is 14.4 Å². The summed E-state index contributed by atoms with van der Waals surface area (Å²) in [6.07, 6.45) is 4.72. The smallest absolute Gasteiger partial charge is 0.248 e. The van der Waals surface area contributed by atoms with Gasteiger partial charge < -0.3 is 10.2 Å². The lowest BCUT2D eigenvalue weighted by Gasteiger charge is -2.28. The number of hydrogen-bond acceptors (Lipinski definition) is 7. The maximum Gasteiger partial charge on any atom is 0.248 e. The number of benzene rings is 1. The highest BCUT2D eigenvalue weighted by Gasteiger charge is 2.39. The van der Waals surface area contributed by atoms with Gasteiger partial charge in [0.15, 0.2) is 5.78 Å². The van der Waals surface area contributed by atoms with Gasteiger partial charge in [0.2, 0.25) is 11.8 Å². The molecule has 4 aromatic rings. The number of aromatic nitrogens is 5. The number of rotatable bonds is 6. The molecule has 2 atom stereocenters. The zero-order valence-corrected chi connectivity index (χ0v) is 23.7. The first-order chi connectivity index (χ1) is 18.6. The summed E-state index contributed by atoms with van der Waals surface area (Å²) in [5.74, 6) is 0.407. The Balaban J connectivity index is 1.42. The standard InChI is InChI=1S/C28H28BrN7O3/c1-15-5-10-24(29)32-27(15)33-28(39)23-8-6-16(2)36(23)25(38)14-35-22-9-7-19(20-12-30-18(4)31-13-20)11-21(22)26(34-35)17(3)37/h5,7,9-13,16,23H,6,8,14H2,1-4H3,(H,32,33,39)/t16-,23-/m0/s1. The van der Waals surface area contributed by atoms with Crippen LogP contribution in [0.4, 0.5) is 5.82 Å². The molecule has 200 valence electrons. The molecule has 2 amide bonds. The van der Waals surface area contributed by atoms with Crippen LogP contribution in [0.5, 0.6) is 0 Å².